The van der Waals surface area contributed by atoms with Crippen molar-refractivity contribution in [2.75, 3.05) is 6.54 Å². The van der Waals surface area contributed by atoms with E-state index in [-0.39, 0.29) is 18.5 Å². The summed E-state index contributed by atoms with van der Waals surface area (Å²) in [5, 5.41) is 8.52. The third kappa shape index (κ3) is 4.32. The van der Waals surface area contributed by atoms with Gasteiger partial charge in [-0.1, -0.05) is 31.0 Å². The van der Waals surface area contributed by atoms with Crippen molar-refractivity contribution >= 4 is 17.9 Å². The first-order valence-electron chi connectivity index (χ1n) is 8.38. The number of nitrogens with two attached hydrogens (primary N) is 1. The first kappa shape index (κ1) is 16.9. The molecular weight excluding hydrogens is 318 g/mol. The average Bonchev–Trinajstić information content (AvgIpc) is 3.30. The molecule has 25 heavy (non-hydrogen) atoms. The average molecular weight is 339 g/mol. The number of nitrogens with zero attached hydrogens (tertiary/aromatic N) is 4. The van der Waals surface area contributed by atoms with Gasteiger partial charge in [0.05, 0.1) is 18.4 Å². The van der Waals surface area contributed by atoms with E-state index in [1.54, 1.807) is 17.2 Å². The number of carbonyl (C=O) groups is 2. The van der Waals surface area contributed by atoms with Crippen molar-refractivity contribution in [1.82, 2.24) is 19.9 Å². The van der Waals surface area contributed by atoms with Crippen LogP contribution in [0.5, 0.6) is 0 Å². The molecular formula is C18H21N5O2. The summed E-state index contributed by atoms with van der Waals surface area (Å²) in [6.07, 6.45) is 8.60. The molecule has 2 aromatic rings. The predicted molar refractivity (Wildman–Crippen MR) is 93.6 cm³/mol. The fourth-order valence-corrected chi connectivity index (χ4v) is 3.06. The number of hydrogen-bond donors (Lipinski definition) is 1. The second kappa shape index (κ2) is 7.74. The van der Waals surface area contributed by atoms with E-state index in [1.807, 2.05) is 30.3 Å². The van der Waals surface area contributed by atoms with Crippen LogP contribution in [-0.4, -0.2) is 44.3 Å². The van der Waals surface area contributed by atoms with Gasteiger partial charge in [-0.05, 0) is 31.1 Å². The van der Waals surface area contributed by atoms with E-state index in [2.05, 4.69) is 10.2 Å². The molecule has 1 aromatic carbocycles. The maximum Gasteiger partial charge on any atom is 0.247 e. The van der Waals surface area contributed by atoms with Crippen LogP contribution in [0.25, 0.3) is 11.8 Å². The molecule has 0 unspecified atom stereocenters. The van der Waals surface area contributed by atoms with E-state index in [0.29, 0.717) is 5.69 Å². The molecule has 0 aliphatic heterocycles. The monoisotopic (exact) mass is 339 g/mol. The first-order valence-corrected chi connectivity index (χ1v) is 8.38. The summed E-state index contributed by atoms with van der Waals surface area (Å²) < 4.78 is 0. The highest BCUT2D eigenvalue weighted by Crippen LogP contribution is 2.23. The molecule has 1 saturated carbocycles. The van der Waals surface area contributed by atoms with Gasteiger partial charge in [0.1, 0.15) is 5.69 Å². The van der Waals surface area contributed by atoms with Crippen LogP contribution in [0.3, 0.4) is 0 Å². The molecule has 2 N–H and O–H groups in total. The van der Waals surface area contributed by atoms with Crippen LogP contribution in [-0.2, 0) is 9.59 Å². The zero-order valence-electron chi connectivity index (χ0n) is 13.9. The van der Waals surface area contributed by atoms with E-state index in [9.17, 15) is 9.59 Å². The lowest BCUT2D eigenvalue weighted by Crippen LogP contribution is -2.43. The topological polar surface area (TPSA) is 94.1 Å². The Labute approximate surface area is 146 Å². The standard InChI is InChI=1S/C18H21N5O2/c19-17(24)13-22(15-6-4-5-7-15)18(25)11-10-14-12-20-23(21-14)16-8-2-1-3-9-16/h1-3,8-12,15H,4-7,13H2,(H2,19,24)/b11-10-. The maximum atomic E-state index is 12.5. The molecule has 0 saturated heterocycles. The van der Waals surface area contributed by atoms with Crippen LogP contribution in [0.2, 0.25) is 0 Å². The molecule has 0 radical (unpaired) electrons. The lowest BCUT2D eigenvalue weighted by atomic mass is 10.2. The zero-order valence-corrected chi connectivity index (χ0v) is 13.9. The molecule has 130 valence electrons. The molecule has 3 rings (SSSR count). The Morgan fingerprint density at radius 3 is 2.64 bits per heavy atom. The number of aromatic nitrogens is 3. The fourth-order valence-electron chi connectivity index (χ4n) is 3.06. The Bertz CT molecular complexity index is 763. The van der Waals surface area contributed by atoms with Crippen molar-refractivity contribution in [3.8, 4) is 5.69 Å². The Balaban J connectivity index is 1.70. The normalized spacial score (nSPS) is 14.9. The molecule has 1 heterocycles. The maximum absolute atomic E-state index is 12.5. The number of benzene rings is 1. The van der Waals surface area contributed by atoms with E-state index in [1.165, 1.54) is 10.9 Å². The summed E-state index contributed by atoms with van der Waals surface area (Å²) in [4.78, 5) is 26.8. The van der Waals surface area contributed by atoms with Crippen LogP contribution in [0.4, 0.5) is 0 Å². The number of carbonyl (C=O) groups excluding carboxylic acids is 2. The van der Waals surface area contributed by atoms with Crippen molar-refractivity contribution in [3.05, 3.63) is 48.3 Å². The largest absolute Gasteiger partial charge is 0.368 e. The molecule has 1 fully saturated rings. The van der Waals surface area contributed by atoms with Crippen molar-refractivity contribution in [3.63, 3.8) is 0 Å². The minimum Gasteiger partial charge on any atom is -0.368 e. The van der Waals surface area contributed by atoms with Gasteiger partial charge in [-0.25, -0.2) is 0 Å². The van der Waals surface area contributed by atoms with Gasteiger partial charge in [0, 0.05) is 12.1 Å². The second-order valence-corrected chi connectivity index (χ2v) is 6.10. The molecule has 1 aliphatic carbocycles. The van der Waals surface area contributed by atoms with Crippen molar-refractivity contribution in [2.45, 2.75) is 31.7 Å². The Morgan fingerprint density at radius 2 is 1.96 bits per heavy atom. The smallest absolute Gasteiger partial charge is 0.247 e. The van der Waals surface area contributed by atoms with E-state index in [4.69, 9.17) is 5.73 Å². The van der Waals surface area contributed by atoms with Crippen LogP contribution >= 0.6 is 0 Å². The molecule has 7 heteroatoms. The first-order chi connectivity index (χ1) is 12.1. The van der Waals surface area contributed by atoms with Crippen LogP contribution in [0.1, 0.15) is 31.4 Å². The third-order valence-electron chi connectivity index (χ3n) is 4.27. The van der Waals surface area contributed by atoms with Crippen molar-refractivity contribution in [1.29, 1.82) is 0 Å². The van der Waals surface area contributed by atoms with Gasteiger partial charge < -0.3 is 10.6 Å². The summed E-state index contributed by atoms with van der Waals surface area (Å²) in [5.74, 6) is -0.719. The van der Waals surface area contributed by atoms with Gasteiger partial charge >= 0.3 is 0 Å². The number of primary amides is 1. The van der Waals surface area contributed by atoms with Crippen LogP contribution in [0, 0.1) is 0 Å². The highest BCUT2D eigenvalue weighted by atomic mass is 16.2. The quantitative estimate of drug-likeness (QED) is 0.808. The van der Waals surface area contributed by atoms with Crippen LogP contribution < -0.4 is 5.73 Å². The molecule has 1 aliphatic rings. The summed E-state index contributed by atoms with van der Waals surface area (Å²) in [6.45, 7) is -0.0510. The molecule has 0 bridgehead atoms. The van der Waals surface area contributed by atoms with Gasteiger partial charge in [0.15, 0.2) is 0 Å². The van der Waals surface area contributed by atoms with Gasteiger partial charge in [-0.2, -0.15) is 9.90 Å². The minimum absolute atomic E-state index is 0.0510. The lowest BCUT2D eigenvalue weighted by Gasteiger charge is -2.26. The van der Waals surface area contributed by atoms with E-state index < -0.39 is 5.91 Å². The van der Waals surface area contributed by atoms with Crippen molar-refractivity contribution in [2.24, 2.45) is 5.73 Å². The molecule has 2 amide bonds. The summed E-state index contributed by atoms with van der Waals surface area (Å²) in [7, 11) is 0. The lowest BCUT2D eigenvalue weighted by molar-refractivity contribution is -0.133. The number of amides is 2. The highest BCUT2D eigenvalue weighted by molar-refractivity contribution is 5.94. The van der Waals surface area contributed by atoms with Gasteiger partial charge in [-0.3, -0.25) is 9.59 Å². The summed E-state index contributed by atoms with van der Waals surface area (Å²) in [5.41, 5.74) is 6.71. The van der Waals surface area contributed by atoms with Crippen LogP contribution in [0.15, 0.2) is 42.6 Å². The summed E-state index contributed by atoms with van der Waals surface area (Å²) in [6, 6.07) is 9.61. The van der Waals surface area contributed by atoms with Gasteiger partial charge in [-0.15, -0.1) is 5.10 Å². The molecule has 0 atom stereocenters. The Kier molecular flexibility index (Phi) is 5.23. The Morgan fingerprint density at radius 1 is 1.24 bits per heavy atom. The third-order valence-corrected chi connectivity index (χ3v) is 4.27. The zero-order chi connectivity index (χ0) is 17.6. The van der Waals surface area contributed by atoms with Gasteiger partial charge in [0.25, 0.3) is 0 Å². The fraction of sp³-hybridized carbons (Fsp3) is 0.333. The van der Waals surface area contributed by atoms with Crippen molar-refractivity contribution < 1.29 is 9.59 Å². The SMILES string of the molecule is NC(=O)CN(C(=O)/C=C\c1cnn(-c2ccccc2)n1)C1CCCC1. The highest BCUT2D eigenvalue weighted by Gasteiger charge is 2.26. The second-order valence-electron chi connectivity index (χ2n) is 6.10. The number of hydrogen-bond acceptors (Lipinski definition) is 4. The predicted octanol–water partition coefficient (Wildman–Crippen LogP) is 1.54. The van der Waals surface area contributed by atoms with E-state index >= 15 is 0 Å². The minimum atomic E-state index is -0.497. The molecule has 1 aromatic heterocycles. The number of rotatable bonds is 6. The molecule has 0 spiro atoms. The van der Waals surface area contributed by atoms with E-state index in [0.717, 1.165) is 31.4 Å². The van der Waals surface area contributed by atoms with Gasteiger partial charge in [0.2, 0.25) is 11.8 Å². The number of para-hydroxylation sites is 1. The molecule has 7 nitrogen and oxygen atoms in total. The summed E-state index contributed by atoms with van der Waals surface area (Å²) >= 11 is 0. The Hall–Kier alpha value is -2.96.